The molecule has 0 radical (unpaired) electrons. The van der Waals surface area contributed by atoms with Crippen molar-refractivity contribution < 1.29 is 5.11 Å². The summed E-state index contributed by atoms with van der Waals surface area (Å²) in [7, 11) is 2.10. The molecular formula is C14H17N3O. The van der Waals surface area contributed by atoms with E-state index in [0.29, 0.717) is 0 Å². The summed E-state index contributed by atoms with van der Waals surface area (Å²) in [5, 5.41) is 14.8. The van der Waals surface area contributed by atoms with Gasteiger partial charge in [-0.1, -0.05) is 30.3 Å². The first-order valence-electron chi connectivity index (χ1n) is 6.22. The number of aromatic nitrogens is 2. The van der Waals surface area contributed by atoms with E-state index >= 15 is 0 Å². The highest BCUT2D eigenvalue weighted by Gasteiger charge is 2.19. The molecule has 3 rings (SSSR count). The maximum Gasteiger partial charge on any atom is 0.123 e. The molecule has 4 nitrogen and oxygen atoms in total. The van der Waals surface area contributed by atoms with Gasteiger partial charge in [0.15, 0.2) is 0 Å². The Morgan fingerprint density at radius 2 is 2.00 bits per heavy atom. The van der Waals surface area contributed by atoms with Crippen LogP contribution in [-0.2, 0) is 13.1 Å². The van der Waals surface area contributed by atoms with Crippen molar-refractivity contribution in [2.75, 3.05) is 13.6 Å². The van der Waals surface area contributed by atoms with Crippen LogP contribution in [0.2, 0.25) is 0 Å². The van der Waals surface area contributed by atoms with Gasteiger partial charge in [0.2, 0.25) is 0 Å². The normalized spacial score (nSPS) is 17.4. The second-order valence-corrected chi connectivity index (χ2v) is 4.83. The molecule has 1 aromatic carbocycles. The standard InChI is InChI=1S/C14H17N3O/c1-16-7-8-17-12(10-16)9-13(15-17)14(18)11-5-3-2-4-6-11/h2-6,9,14,18H,7-8,10H2,1H3. The van der Waals surface area contributed by atoms with Crippen molar-refractivity contribution in [1.29, 1.82) is 0 Å². The maximum atomic E-state index is 10.3. The van der Waals surface area contributed by atoms with Gasteiger partial charge in [0.05, 0.1) is 17.9 Å². The second kappa shape index (κ2) is 4.55. The Kier molecular flexibility index (Phi) is 2.89. The van der Waals surface area contributed by atoms with E-state index in [9.17, 15) is 5.11 Å². The third kappa shape index (κ3) is 2.05. The number of aliphatic hydroxyl groups excluding tert-OH is 1. The monoisotopic (exact) mass is 243 g/mol. The van der Waals surface area contributed by atoms with Crippen molar-refractivity contribution in [3.63, 3.8) is 0 Å². The first kappa shape index (κ1) is 11.4. The van der Waals surface area contributed by atoms with Crippen molar-refractivity contribution >= 4 is 0 Å². The fourth-order valence-corrected chi connectivity index (χ4v) is 2.36. The predicted molar refractivity (Wildman–Crippen MR) is 69.1 cm³/mol. The maximum absolute atomic E-state index is 10.3. The van der Waals surface area contributed by atoms with E-state index in [1.807, 2.05) is 41.1 Å². The minimum Gasteiger partial charge on any atom is -0.382 e. The first-order chi connectivity index (χ1) is 8.74. The van der Waals surface area contributed by atoms with Crippen LogP contribution in [0.25, 0.3) is 0 Å². The lowest BCUT2D eigenvalue weighted by Gasteiger charge is -2.22. The highest BCUT2D eigenvalue weighted by Crippen LogP contribution is 2.23. The van der Waals surface area contributed by atoms with Crippen LogP contribution in [0.15, 0.2) is 36.4 Å². The Morgan fingerprint density at radius 1 is 1.22 bits per heavy atom. The number of rotatable bonds is 2. The summed E-state index contributed by atoms with van der Waals surface area (Å²) >= 11 is 0. The Bertz CT molecular complexity index is 535. The van der Waals surface area contributed by atoms with E-state index in [4.69, 9.17) is 0 Å². The van der Waals surface area contributed by atoms with Crippen LogP contribution in [0.4, 0.5) is 0 Å². The average Bonchev–Trinajstić information content (AvgIpc) is 2.81. The van der Waals surface area contributed by atoms with E-state index in [0.717, 1.165) is 30.9 Å². The quantitative estimate of drug-likeness (QED) is 0.867. The van der Waals surface area contributed by atoms with Crippen LogP contribution in [0.5, 0.6) is 0 Å². The minimum absolute atomic E-state index is 0.630. The molecule has 0 bridgehead atoms. The number of likely N-dealkylation sites (N-methyl/N-ethyl adjacent to an activating group) is 1. The number of hydrogen-bond acceptors (Lipinski definition) is 3. The van der Waals surface area contributed by atoms with E-state index in [2.05, 4.69) is 17.0 Å². The van der Waals surface area contributed by atoms with Gasteiger partial charge in [-0.05, 0) is 18.7 Å². The number of hydrogen-bond donors (Lipinski definition) is 1. The van der Waals surface area contributed by atoms with Gasteiger partial charge in [-0.25, -0.2) is 0 Å². The Hall–Kier alpha value is -1.65. The number of benzene rings is 1. The van der Waals surface area contributed by atoms with Crippen LogP contribution >= 0.6 is 0 Å². The fraction of sp³-hybridized carbons (Fsp3) is 0.357. The van der Waals surface area contributed by atoms with Gasteiger partial charge in [0, 0.05) is 13.1 Å². The van der Waals surface area contributed by atoms with Gasteiger partial charge in [-0.15, -0.1) is 0 Å². The summed E-state index contributed by atoms with van der Waals surface area (Å²) < 4.78 is 2.00. The third-order valence-electron chi connectivity index (χ3n) is 3.40. The largest absolute Gasteiger partial charge is 0.382 e. The molecule has 1 aliphatic rings. The van der Waals surface area contributed by atoms with Crippen molar-refractivity contribution in [3.05, 3.63) is 53.3 Å². The summed E-state index contributed by atoms with van der Waals surface area (Å²) in [6, 6.07) is 11.7. The Morgan fingerprint density at radius 3 is 2.78 bits per heavy atom. The van der Waals surface area contributed by atoms with Crippen LogP contribution < -0.4 is 0 Å². The van der Waals surface area contributed by atoms with Gasteiger partial charge in [-0.3, -0.25) is 9.58 Å². The zero-order valence-electron chi connectivity index (χ0n) is 10.5. The lowest BCUT2D eigenvalue weighted by atomic mass is 10.1. The lowest BCUT2D eigenvalue weighted by Crippen LogP contribution is -2.30. The van der Waals surface area contributed by atoms with Gasteiger partial charge in [0.1, 0.15) is 6.10 Å². The molecule has 0 spiro atoms. The average molecular weight is 243 g/mol. The molecule has 0 aliphatic carbocycles. The molecule has 1 atom stereocenters. The number of fused-ring (bicyclic) bond motifs is 1. The topological polar surface area (TPSA) is 41.3 Å². The zero-order valence-corrected chi connectivity index (χ0v) is 10.5. The van der Waals surface area contributed by atoms with E-state index in [1.165, 1.54) is 5.69 Å². The van der Waals surface area contributed by atoms with Crippen molar-refractivity contribution in [2.45, 2.75) is 19.2 Å². The zero-order chi connectivity index (χ0) is 12.5. The molecule has 1 aliphatic heterocycles. The molecule has 94 valence electrons. The van der Waals surface area contributed by atoms with E-state index in [-0.39, 0.29) is 0 Å². The van der Waals surface area contributed by atoms with Gasteiger partial charge in [-0.2, -0.15) is 5.10 Å². The van der Waals surface area contributed by atoms with Crippen LogP contribution in [-0.4, -0.2) is 33.4 Å². The van der Waals surface area contributed by atoms with Gasteiger partial charge >= 0.3 is 0 Å². The molecule has 0 fully saturated rings. The molecule has 0 saturated heterocycles. The van der Waals surface area contributed by atoms with Crippen molar-refractivity contribution in [1.82, 2.24) is 14.7 Å². The lowest BCUT2D eigenvalue weighted by molar-refractivity contribution is 0.212. The smallest absolute Gasteiger partial charge is 0.123 e. The summed E-state index contributed by atoms with van der Waals surface area (Å²) in [6.07, 6.45) is -0.630. The van der Waals surface area contributed by atoms with Crippen LogP contribution in [0.3, 0.4) is 0 Å². The first-order valence-corrected chi connectivity index (χ1v) is 6.22. The molecule has 4 heteroatoms. The molecule has 1 unspecified atom stereocenters. The second-order valence-electron chi connectivity index (χ2n) is 4.83. The number of aliphatic hydroxyl groups is 1. The molecule has 0 saturated carbocycles. The molecule has 2 aromatic rings. The molecule has 1 N–H and O–H groups in total. The molecule has 1 aromatic heterocycles. The van der Waals surface area contributed by atoms with Crippen molar-refractivity contribution in [2.24, 2.45) is 0 Å². The summed E-state index contributed by atoms with van der Waals surface area (Å²) in [5.74, 6) is 0. The molecule has 2 heterocycles. The SMILES string of the molecule is CN1CCn2nc(C(O)c3ccccc3)cc2C1. The highest BCUT2D eigenvalue weighted by atomic mass is 16.3. The van der Waals surface area contributed by atoms with Crippen molar-refractivity contribution in [3.8, 4) is 0 Å². The summed E-state index contributed by atoms with van der Waals surface area (Å²) in [5.41, 5.74) is 2.81. The Labute approximate surface area is 106 Å². The third-order valence-corrected chi connectivity index (χ3v) is 3.40. The minimum atomic E-state index is -0.630. The van der Waals surface area contributed by atoms with E-state index < -0.39 is 6.10 Å². The predicted octanol–water partition coefficient (Wildman–Crippen LogP) is 1.41. The Balaban J connectivity index is 1.89. The fourth-order valence-electron chi connectivity index (χ4n) is 2.36. The summed E-state index contributed by atoms with van der Waals surface area (Å²) in [6.45, 7) is 2.80. The highest BCUT2D eigenvalue weighted by molar-refractivity contribution is 5.26. The van der Waals surface area contributed by atoms with Crippen LogP contribution in [0.1, 0.15) is 23.1 Å². The van der Waals surface area contributed by atoms with E-state index in [1.54, 1.807) is 0 Å². The van der Waals surface area contributed by atoms with Crippen LogP contribution in [0, 0.1) is 0 Å². The molecular weight excluding hydrogens is 226 g/mol. The number of nitrogens with zero attached hydrogens (tertiary/aromatic N) is 3. The van der Waals surface area contributed by atoms with Gasteiger partial charge in [0.25, 0.3) is 0 Å². The molecule has 0 amide bonds. The van der Waals surface area contributed by atoms with Gasteiger partial charge < -0.3 is 5.11 Å². The molecule has 18 heavy (non-hydrogen) atoms. The summed E-state index contributed by atoms with van der Waals surface area (Å²) in [4.78, 5) is 2.26.